The molecule has 0 amide bonds. The van der Waals surface area contributed by atoms with Crippen molar-refractivity contribution in [2.45, 2.75) is 25.8 Å². The van der Waals surface area contributed by atoms with Crippen molar-refractivity contribution in [3.05, 3.63) is 35.4 Å². The van der Waals surface area contributed by atoms with Crippen LogP contribution in [0.3, 0.4) is 0 Å². The van der Waals surface area contributed by atoms with Crippen molar-refractivity contribution < 1.29 is 8.78 Å². The maximum absolute atomic E-state index is 13.5. The fourth-order valence-electron chi connectivity index (χ4n) is 2.22. The van der Waals surface area contributed by atoms with Crippen LogP contribution in [-0.2, 0) is 0 Å². The van der Waals surface area contributed by atoms with Gasteiger partial charge in [-0.2, -0.15) is 0 Å². The molecule has 1 saturated heterocycles. The van der Waals surface area contributed by atoms with Gasteiger partial charge in [-0.3, -0.25) is 0 Å². The zero-order valence-electron chi connectivity index (χ0n) is 8.76. The molecule has 1 fully saturated rings. The number of piperidine rings is 1. The van der Waals surface area contributed by atoms with Gasteiger partial charge in [0.1, 0.15) is 11.6 Å². The maximum Gasteiger partial charge on any atom is 0.128 e. The molecule has 1 aliphatic rings. The summed E-state index contributed by atoms with van der Waals surface area (Å²) < 4.78 is 26.6. The molecule has 1 aromatic rings. The zero-order chi connectivity index (χ0) is 10.8. The fourth-order valence-corrected chi connectivity index (χ4v) is 2.22. The Morgan fingerprint density at radius 3 is 2.87 bits per heavy atom. The summed E-state index contributed by atoms with van der Waals surface area (Å²) in [6, 6.07) is 3.61. The van der Waals surface area contributed by atoms with Crippen LogP contribution < -0.4 is 5.32 Å². The molecule has 0 aromatic heterocycles. The van der Waals surface area contributed by atoms with Crippen molar-refractivity contribution >= 4 is 0 Å². The molecule has 1 N–H and O–H groups in total. The summed E-state index contributed by atoms with van der Waals surface area (Å²) in [5, 5.41) is 3.25. The number of halogens is 2. The van der Waals surface area contributed by atoms with E-state index in [2.05, 4.69) is 12.2 Å². The number of hydrogen-bond donors (Lipinski definition) is 1. The Labute approximate surface area is 88.5 Å². The van der Waals surface area contributed by atoms with Crippen molar-refractivity contribution in [2.24, 2.45) is 5.92 Å². The number of rotatable bonds is 1. The Morgan fingerprint density at radius 2 is 2.13 bits per heavy atom. The van der Waals surface area contributed by atoms with E-state index in [1.54, 1.807) is 0 Å². The van der Waals surface area contributed by atoms with E-state index < -0.39 is 0 Å². The summed E-state index contributed by atoms with van der Waals surface area (Å²) in [4.78, 5) is 0. The summed E-state index contributed by atoms with van der Waals surface area (Å²) in [6.07, 6.45) is 2.17. The second kappa shape index (κ2) is 4.27. The quantitative estimate of drug-likeness (QED) is 0.753. The normalized spacial score (nSPS) is 26.6. The van der Waals surface area contributed by atoms with Crippen LogP contribution in [0.4, 0.5) is 8.78 Å². The van der Waals surface area contributed by atoms with E-state index in [1.165, 1.54) is 12.1 Å². The highest BCUT2D eigenvalue weighted by Gasteiger charge is 2.24. The Kier molecular flexibility index (Phi) is 3.00. The second-order valence-corrected chi connectivity index (χ2v) is 4.22. The summed E-state index contributed by atoms with van der Waals surface area (Å²) in [5.41, 5.74) is 0.460. The predicted molar refractivity (Wildman–Crippen MR) is 55.5 cm³/mol. The molecule has 2 unspecified atom stereocenters. The third-order valence-corrected chi connectivity index (χ3v) is 3.06. The minimum absolute atomic E-state index is 0.0468. The van der Waals surface area contributed by atoms with Crippen LogP contribution in [0.15, 0.2) is 18.2 Å². The topological polar surface area (TPSA) is 12.0 Å². The molecule has 1 heterocycles. The van der Waals surface area contributed by atoms with Gasteiger partial charge in [-0.25, -0.2) is 8.78 Å². The molecule has 2 atom stereocenters. The van der Waals surface area contributed by atoms with Gasteiger partial charge in [0.25, 0.3) is 0 Å². The van der Waals surface area contributed by atoms with E-state index in [9.17, 15) is 8.78 Å². The molecule has 1 aliphatic heterocycles. The first-order chi connectivity index (χ1) is 7.18. The largest absolute Gasteiger partial charge is 0.310 e. The van der Waals surface area contributed by atoms with Gasteiger partial charge < -0.3 is 5.32 Å². The minimum Gasteiger partial charge on any atom is -0.310 e. The standard InChI is InChI=1S/C12H15F2N/c1-8-3-2-6-15-12(8)10-7-9(13)4-5-11(10)14/h4-5,7-8,12,15H,2-3,6H2,1H3. The lowest BCUT2D eigenvalue weighted by molar-refractivity contribution is 0.298. The number of hydrogen-bond acceptors (Lipinski definition) is 1. The van der Waals surface area contributed by atoms with E-state index in [0.29, 0.717) is 11.5 Å². The third-order valence-electron chi connectivity index (χ3n) is 3.06. The van der Waals surface area contributed by atoms with E-state index in [1.807, 2.05) is 0 Å². The van der Waals surface area contributed by atoms with Gasteiger partial charge in [0.2, 0.25) is 0 Å². The molecule has 1 nitrogen and oxygen atoms in total. The van der Waals surface area contributed by atoms with Crippen molar-refractivity contribution in [1.29, 1.82) is 0 Å². The number of nitrogens with one attached hydrogen (secondary N) is 1. The molecule has 2 rings (SSSR count). The van der Waals surface area contributed by atoms with Gasteiger partial charge in [0.05, 0.1) is 0 Å². The Morgan fingerprint density at radius 1 is 1.33 bits per heavy atom. The molecule has 82 valence electrons. The maximum atomic E-state index is 13.5. The summed E-state index contributed by atoms with van der Waals surface area (Å²) >= 11 is 0. The van der Waals surface area contributed by atoms with Crippen molar-refractivity contribution in [2.75, 3.05) is 6.54 Å². The highest BCUT2D eigenvalue weighted by atomic mass is 19.1. The first-order valence-electron chi connectivity index (χ1n) is 5.37. The molecular weight excluding hydrogens is 196 g/mol. The van der Waals surface area contributed by atoms with Gasteiger partial charge in [0.15, 0.2) is 0 Å². The lowest BCUT2D eigenvalue weighted by Gasteiger charge is -2.30. The highest BCUT2D eigenvalue weighted by molar-refractivity contribution is 5.23. The zero-order valence-corrected chi connectivity index (χ0v) is 8.76. The average Bonchev–Trinajstić information content (AvgIpc) is 2.23. The van der Waals surface area contributed by atoms with Crippen LogP contribution in [-0.4, -0.2) is 6.54 Å². The molecule has 0 aliphatic carbocycles. The monoisotopic (exact) mass is 211 g/mol. The van der Waals surface area contributed by atoms with Crippen molar-refractivity contribution in [3.8, 4) is 0 Å². The predicted octanol–water partition coefficient (Wildman–Crippen LogP) is 3.03. The average molecular weight is 211 g/mol. The smallest absolute Gasteiger partial charge is 0.128 e. The van der Waals surface area contributed by atoms with E-state index in [-0.39, 0.29) is 17.7 Å². The molecular formula is C12H15F2N. The first-order valence-corrected chi connectivity index (χ1v) is 5.37. The van der Waals surface area contributed by atoms with E-state index in [0.717, 1.165) is 25.5 Å². The summed E-state index contributed by atoms with van der Waals surface area (Å²) in [7, 11) is 0. The highest BCUT2D eigenvalue weighted by Crippen LogP contribution is 2.30. The first kappa shape index (κ1) is 10.6. The van der Waals surface area contributed by atoms with Crippen LogP contribution >= 0.6 is 0 Å². The second-order valence-electron chi connectivity index (χ2n) is 4.22. The van der Waals surface area contributed by atoms with Gasteiger partial charge in [0, 0.05) is 11.6 Å². The Bertz CT molecular complexity index is 351. The third kappa shape index (κ3) is 2.17. The molecule has 3 heteroatoms. The van der Waals surface area contributed by atoms with Crippen molar-refractivity contribution in [3.63, 3.8) is 0 Å². The summed E-state index contributed by atoms with van der Waals surface area (Å²) in [6.45, 7) is 2.95. The van der Waals surface area contributed by atoms with Crippen LogP contribution in [0.1, 0.15) is 31.4 Å². The van der Waals surface area contributed by atoms with E-state index >= 15 is 0 Å². The Hall–Kier alpha value is -0.960. The minimum atomic E-state index is -0.369. The SMILES string of the molecule is CC1CCCNC1c1cc(F)ccc1F. The molecule has 15 heavy (non-hydrogen) atoms. The van der Waals surface area contributed by atoms with Crippen LogP contribution in [0.25, 0.3) is 0 Å². The molecule has 0 saturated carbocycles. The van der Waals surface area contributed by atoms with Crippen LogP contribution in [0, 0.1) is 17.6 Å². The number of benzene rings is 1. The lowest BCUT2D eigenvalue weighted by atomic mass is 9.87. The van der Waals surface area contributed by atoms with Gasteiger partial charge in [-0.15, -0.1) is 0 Å². The van der Waals surface area contributed by atoms with Crippen LogP contribution in [0.2, 0.25) is 0 Å². The summed E-state index contributed by atoms with van der Waals surface area (Å²) in [5.74, 6) is -0.330. The molecule has 0 radical (unpaired) electrons. The molecule has 0 spiro atoms. The van der Waals surface area contributed by atoms with Gasteiger partial charge >= 0.3 is 0 Å². The lowest BCUT2D eigenvalue weighted by Crippen LogP contribution is -2.33. The molecule has 0 bridgehead atoms. The molecule has 1 aromatic carbocycles. The van der Waals surface area contributed by atoms with Crippen molar-refractivity contribution in [1.82, 2.24) is 5.32 Å². The fraction of sp³-hybridized carbons (Fsp3) is 0.500. The van der Waals surface area contributed by atoms with Gasteiger partial charge in [-0.05, 0) is 43.5 Å². The van der Waals surface area contributed by atoms with Gasteiger partial charge in [-0.1, -0.05) is 6.92 Å². The van der Waals surface area contributed by atoms with Crippen LogP contribution in [0.5, 0.6) is 0 Å². The Balaban J connectivity index is 2.30. The van der Waals surface area contributed by atoms with E-state index in [4.69, 9.17) is 0 Å².